The summed E-state index contributed by atoms with van der Waals surface area (Å²) in [4.78, 5) is 37.5. The molecule has 0 radical (unpaired) electrons. The maximum absolute atomic E-state index is 12.6. The monoisotopic (exact) mass is 786 g/mol. The number of esters is 2. The van der Waals surface area contributed by atoms with Crippen LogP contribution in [0.1, 0.15) is 194 Å². The van der Waals surface area contributed by atoms with Gasteiger partial charge in [-0.25, -0.2) is 0 Å². The highest BCUT2D eigenvalue weighted by atomic mass is 31.2. The number of allylic oxidation sites excluding steroid dienone is 4. The van der Waals surface area contributed by atoms with Crippen LogP contribution in [0.4, 0.5) is 0 Å². The van der Waals surface area contributed by atoms with Crippen molar-refractivity contribution < 1.29 is 42.1 Å². The first-order chi connectivity index (χ1) is 26.0. The van der Waals surface area contributed by atoms with Gasteiger partial charge in [0, 0.05) is 12.8 Å². The summed E-state index contributed by atoms with van der Waals surface area (Å²) in [6.45, 7) is 4.19. The fourth-order valence-corrected chi connectivity index (χ4v) is 6.67. The number of carbonyl (C=O) groups excluding carboxylic acids is 2. The third kappa shape index (κ3) is 40.2. The molecule has 0 saturated carbocycles. The Morgan fingerprint density at radius 2 is 0.944 bits per heavy atom. The molecular weight excluding hydrogens is 701 g/mol. The number of likely N-dealkylation sites (N-methyl/N-ethyl adjacent to an activating group) is 1. The molecule has 9 nitrogen and oxygen atoms in total. The van der Waals surface area contributed by atoms with Crippen LogP contribution in [0.2, 0.25) is 0 Å². The van der Waals surface area contributed by atoms with Crippen molar-refractivity contribution in [2.24, 2.45) is 0 Å². The Bertz CT molecular complexity index is 980. The molecule has 10 heteroatoms. The van der Waals surface area contributed by atoms with E-state index in [-0.39, 0.29) is 26.1 Å². The highest BCUT2D eigenvalue weighted by Gasteiger charge is 2.21. The van der Waals surface area contributed by atoms with Crippen molar-refractivity contribution in [3.8, 4) is 0 Å². The van der Waals surface area contributed by atoms with Crippen molar-refractivity contribution in [1.82, 2.24) is 0 Å². The van der Waals surface area contributed by atoms with Crippen molar-refractivity contribution in [3.63, 3.8) is 0 Å². The van der Waals surface area contributed by atoms with E-state index in [4.69, 9.17) is 18.5 Å². The van der Waals surface area contributed by atoms with Crippen molar-refractivity contribution in [2.45, 2.75) is 200 Å². The Balaban J connectivity index is 4.38. The quantitative estimate of drug-likeness (QED) is 0.0198. The smallest absolute Gasteiger partial charge is 0.306 e. The number of carbonyl (C=O) groups is 2. The molecule has 0 aliphatic rings. The number of quaternary nitrogens is 1. The summed E-state index contributed by atoms with van der Waals surface area (Å²) in [6, 6.07) is 0. The lowest BCUT2D eigenvalue weighted by Crippen LogP contribution is -2.37. The maximum Gasteiger partial charge on any atom is 0.306 e. The van der Waals surface area contributed by atoms with Crippen LogP contribution in [-0.2, 0) is 32.7 Å². The van der Waals surface area contributed by atoms with Gasteiger partial charge in [0.25, 0.3) is 7.82 Å². The van der Waals surface area contributed by atoms with Gasteiger partial charge in [-0.05, 0) is 64.2 Å². The van der Waals surface area contributed by atoms with E-state index in [0.29, 0.717) is 17.4 Å². The van der Waals surface area contributed by atoms with E-state index in [0.717, 1.165) is 51.4 Å². The average molecular weight is 786 g/mol. The number of rotatable bonds is 40. The van der Waals surface area contributed by atoms with Crippen LogP contribution in [0.5, 0.6) is 0 Å². The molecule has 0 N–H and O–H groups in total. The van der Waals surface area contributed by atoms with Gasteiger partial charge in [0.2, 0.25) is 0 Å². The maximum atomic E-state index is 12.6. The second-order valence-corrected chi connectivity index (χ2v) is 17.5. The Morgan fingerprint density at radius 1 is 0.556 bits per heavy atom. The van der Waals surface area contributed by atoms with Gasteiger partial charge < -0.3 is 27.9 Å². The lowest BCUT2D eigenvalue weighted by atomic mass is 10.1. The van der Waals surface area contributed by atoms with Crippen molar-refractivity contribution >= 4 is 19.8 Å². The van der Waals surface area contributed by atoms with Gasteiger partial charge in [0.15, 0.2) is 6.10 Å². The summed E-state index contributed by atoms with van der Waals surface area (Å²) < 4.78 is 33.9. The number of unbranched alkanes of at least 4 members (excludes halogenated alkanes) is 22. The molecule has 0 bridgehead atoms. The Morgan fingerprint density at radius 3 is 1.43 bits per heavy atom. The van der Waals surface area contributed by atoms with Crippen LogP contribution >= 0.6 is 7.82 Å². The summed E-state index contributed by atoms with van der Waals surface area (Å²) in [6.07, 6.45) is 39.2. The number of nitrogens with zero attached hydrogens (tertiary/aromatic N) is 1. The molecule has 0 aliphatic carbocycles. The molecule has 0 spiro atoms. The lowest BCUT2D eigenvalue weighted by molar-refractivity contribution is -0.870. The molecule has 0 rings (SSSR count). The largest absolute Gasteiger partial charge is 0.756 e. The summed E-state index contributed by atoms with van der Waals surface area (Å²) in [7, 11) is 1.15. The molecule has 1 unspecified atom stereocenters. The van der Waals surface area contributed by atoms with Crippen LogP contribution in [0.15, 0.2) is 24.3 Å². The molecular formula is C44H84NO8P. The van der Waals surface area contributed by atoms with Gasteiger partial charge in [-0.15, -0.1) is 0 Å². The van der Waals surface area contributed by atoms with Crippen molar-refractivity contribution in [2.75, 3.05) is 47.5 Å². The van der Waals surface area contributed by atoms with Crippen LogP contribution in [0.25, 0.3) is 0 Å². The minimum atomic E-state index is -4.63. The third-order valence-electron chi connectivity index (χ3n) is 9.44. The van der Waals surface area contributed by atoms with Gasteiger partial charge in [-0.3, -0.25) is 14.2 Å². The van der Waals surface area contributed by atoms with Crippen molar-refractivity contribution in [3.05, 3.63) is 24.3 Å². The second kappa shape index (κ2) is 37.1. The molecule has 2 atom stereocenters. The standard InChI is InChI=1S/C44H84NO8P/c1-6-8-10-12-14-16-18-20-22-24-26-28-30-32-34-36-43(46)50-40-42(41-52-54(48,49)51-39-38-45(3,4)5)53-44(47)37-35-33-31-29-27-25-23-21-19-17-15-13-11-9-7-2/h16,18,27,29,42H,6-15,17,19-26,28,30-41H2,1-5H3/b18-16+,29-27+/t42-/m1/s1. The zero-order valence-corrected chi connectivity index (χ0v) is 36.6. The van der Waals surface area contributed by atoms with Crippen LogP contribution in [0, 0.1) is 0 Å². The first-order valence-corrected chi connectivity index (χ1v) is 23.5. The molecule has 54 heavy (non-hydrogen) atoms. The van der Waals surface area contributed by atoms with Crippen LogP contribution < -0.4 is 4.89 Å². The topological polar surface area (TPSA) is 111 Å². The zero-order chi connectivity index (χ0) is 40.0. The number of hydrogen-bond donors (Lipinski definition) is 0. The number of hydrogen-bond acceptors (Lipinski definition) is 8. The van der Waals surface area contributed by atoms with Gasteiger partial charge >= 0.3 is 11.9 Å². The summed E-state index contributed by atoms with van der Waals surface area (Å²) >= 11 is 0. The molecule has 0 heterocycles. The minimum Gasteiger partial charge on any atom is -0.756 e. The fraction of sp³-hybridized carbons (Fsp3) is 0.864. The Kier molecular flexibility index (Phi) is 36.1. The van der Waals surface area contributed by atoms with E-state index in [2.05, 4.69) is 38.2 Å². The van der Waals surface area contributed by atoms with E-state index in [1.54, 1.807) is 0 Å². The number of phosphoric acid groups is 1. The molecule has 0 saturated heterocycles. The molecule has 0 fully saturated rings. The zero-order valence-electron chi connectivity index (χ0n) is 35.7. The summed E-state index contributed by atoms with van der Waals surface area (Å²) in [5, 5.41) is 0. The van der Waals surface area contributed by atoms with Crippen molar-refractivity contribution in [1.29, 1.82) is 0 Å². The molecule has 0 amide bonds. The normalized spacial score (nSPS) is 13.8. The van der Waals surface area contributed by atoms with Gasteiger partial charge in [-0.2, -0.15) is 0 Å². The van der Waals surface area contributed by atoms with Gasteiger partial charge in [0.05, 0.1) is 27.7 Å². The first-order valence-electron chi connectivity index (χ1n) is 22.0. The van der Waals surface area contributed by atoms with E-state index in [1.165, 1.54) is 109 Å². The van der Waals surface area contributed by atoms with Crippen LogP contribution in [0.3, 0.4) is 0 Å². The third-order valence-corrected chi connectivity index (χ3v) is 10.4. The van der Waals surface area contributed by atoms with E-state index < -0.39 is 32.5 Å². The molecule has 0 aromatic rings. The first kappa shape index (κ1) is 52.5. The molecule has 0 aliphatic heterocycles. The predicted molar refractivity (Wildman–Crippen MR) is 222 cm³/mol. The number of ether oxygens (including phenoxy) is 2. The van der Waals surface area contributed by atoms with E-state index in [9.17, 15) is 19.0 Å². The molecule has 0 aromatic carbocycles. The summed E-state index contributed by atoms with van der Waals surface area (Å²) in [5.74, 6) is -0.861. The van der Waals surface area contributed by atoms with Gasteiger partial charge in [-0.1, -0.05) is 141 Å². The highest BCUT2D eigenvalue weighted by molar-refractivity contribution is 7.45. The van der Waals surface area contributed by atoms with Gasteiger partial charge in [0.1, 0.15) is 19.8 Å². The van der Waals surface area contributed by atoms with E-state index >= 15 is 0 Å². The van der Waals surface area contributed by atoms with Crippen LogP contribution in [-0.4, -0.2) is 70.0 Å². The summed E-state index contributed by atoms with van der Waals surface area (Å²) in [5.41, 5.74) is 0. The van der Waals surface area contributed by atoms with E-state index in [1.807, 2.05) is 21.1 Å². The lowest BCUT2D eigenvalue weighted by Gasteiger charge is -2.28. The Labute approximate surface area is 332 Å². The predicted octanol–water partition coefficient (Wildman–Crippen LogP) is 11.7. The molecule has 0 aromatic heterocycles. The number of phosphoric ester groups is 1. The average Bonchev–Trinajstić information content (AvgIpc) is 3.12. The SMILES string of the molecule is CCCCCC/C=C/CCCCCCCCCC(=O)OC[C@H](COP(=O)([O-])OCC[N+](C)(C)C)OC(=O)CCCC/C=C/CCCCCCCCCCC. The highest BCUT2D eigenvalue weighted by Crippen LogP contribution is 2.38. The minimum absolute atomic E-state index is 0.0338. The second-order valence-electron chi connectivity index (χ2n) is 16.1. The fourth-order valence-electron chi connectivity index (χ4n) is 5.94. The molecule has 318 valence electrons. The Hall–Kier alpha value is -1.51.